The van der Waals surface area contributed by atoms with E-state index in [1.165, 1.54) is 11.3 Å². The largest absolute Gasteiger partial charge is 0.321 e. The van der Waals surface area contributed by atoms with Crippen molar-refractivity contribution >= 4 is 44.3 Å². The predicted octanol–water partition coefficient (Wildman–Crippen LogP) is 4.88. The fourth-order valence-corrected chi connectivity index (χ4v) is 4.99. The number of sulfonamides is 1. The van der Waals surface area contributed by atoms with Gasteiger partial charge >= 0.3 is 0 Å². The van der Waals surface area contributed by atoms with Crippen molar-refractivity contribution in [1.29, 1.82) is 0 Å². The number of nitrogens with one attached hydrogen (secondary N) is 2. The normalized spacial score (nSPS) is 11.4. The van der Waals surface area contributed by atoms with Crippen LogP contribution in [-0.2, 0) is 16.4 Å². The van der Waals surface area contributed by atoms with Crippen LogP contribution < -0.4 is 10.0 Å². The quantitative estimate of drug-likeness (QED) is 0.374. The average Bonchev–Trinajstić information content (AvgIpc) is 3.47. The Hall–Kier alpha value is -2.85. The van der Waals surface area contributed by atoms with Gasteiger partial charge in [0.2, 0.25) is 10.0 Å². The molecule has 0 spiro atoms. The van der Waals surface area contributed by atoms with Crippen molar-refractivity contribution in [1.82, 2.24) is 9.71 Å². The van der Waals surface area contributed by atoms with Gasteiger partial charge in [-0.1, -0.05) is 30.3 Å². The molecule has 0 aliphatic carbocycles. The minimum atomic E-state index is -3.17. The first-order valence-electron chi connectivity index (χ1n) is 9.82. The highest BCUT2D eigenvalue weighted by Gasteiger charge is 2.09. The van der Waals surface area contributed by atoms with Gasteiger partial charge in [0.1, 0.15) is 5.01 Å². The Bertz CT molecular complexity index is 1290. The number of thiophene rings is 1. The third-order valence-corrected chi connectivity index (χ3v) is 7.15. The number of carbonyl (C=O) groups excluding carboxylic acids is 1. The Labute approximate surface area is 195 Å². The van der Waals surface area contributed by atoms with Crippen molar-refractivity contribution in [2.24, 2.45) is 0 Å². The first kappa shape index (κ1) is 22.3. The topological polar surface area (TPSA) is 88.2 Å². The Morgan fingerprint density at radius 3 is 2.34 bits per heavy atom. The smallest absolute Gasteiger partial charge is 0.265 e. The third kappa shape index (κ3) is 5.89. The van der Waals surface area contributed by atoms with Crippen molar-refractivity contribution < 1.29 is 13.2 Å². The first-order valence-corrected chi connectivity index (χ1v) is 13.5. The van der Waals surface area contributed by atoms with E-state index in [1.54, 1.807) is 17.4 Å². The molecule has 164 valence electrons. The number of hydrogen-bond donors (Lipinski definition) is 2. The Kier molecular flexibility index (Phi) is 6.80. The summed E-state index contributed by atoms with van der Waals surface area (Å²) in [7, 11) is -3.17. The summed E-state index contributed by atoms with van der Waals surface area (Å²) in [6.45, 7) is 0.378. The van der Waals surface area contributed by atoms with E-state index < -0.39 is 10.0 Å². The summed E-state index contributed by atoms with van der Waals surface area (Å²) in [6, 6.07) is 19.3. The van der Waals surface area contributed by atoms with Crippen LogP contribution >= 0.6 is 22.7 Å². The summed E-state index contributed by atoms with van der Waals surface area (Å²) in [6.07, 6.45) is 1.79. The zero-order valence-corrected chi connectivity index (χ0v) is 19.7. The molecule has 6 nitrogen and oxygen atoms in total. The van der Waals surface area contributed by atoms with Gasteiger partial charge in [0.15, 0.2) is 0 Å². The molecule has 4 rings (SSSR count). The molecule has 0 bridgehead atoms. The van der Waals surface area contributed by atoms with Gasteiger partial charge in [-0.3, -0.25) is 4.79 Å². The van der Waals surface area contributed by atoms with Gasteiger partial charge in [0.05, 0.1) is 16.8 Å². The van der Waals surface area contributed by atoms with E-state index in [-0.39, 0.29) is 5.91 Å². The lowest BCUT2D eigenvalue weighted by Crippen LogP contribution is -2.24. The van der Waals surface area contributed by atoms with Crippen LogP contribution in [-0.4, -0.2) is 32.1 Å². The molecule has 0 aliphatic heterocycles. The lowest BCUT2D eigenvalue weighted by Gasteiger charge is -2.05. The molecule has 2 aromatic heterocycles. The summed E-state index contributed by atoms with van der Waals surface area (Å²) in [5, 5.41) is 7.69. The number of rotatable bonds is 8. The zero-order valence-electron chi connectivity index (χ0n) is 17.2. The summed E-state index contributed by atoms with van der Waals surface area (Å²) in [4.78, 5) is 17.6. The molecule has 2 heterocycles. The summed E-state index contributed by atoms with van der Waals surface area (Å²) in [5.41, 5.74) is 4.68. The van der Waals surface area contributed by atoms with Gasteiger partial charge in [-0.2, -0.15) is 0 Å². The molecule has 9 heteroatoms. The number of amides is 1. The molecule has 0 saturated heterocycles. The maximum absolute atomic E-state index is 12.2. The maximum Gasteiger partial charge on any atom is 0.265 e. The van der Waals surface area contributed by atoms with Crippen molar-refractivity contribution in [3.05, 3.63) is 81.9 Å². The van der Waals surface area contributed by atoms with Crippen molar-refractivity contribution in [2.75, 3.05) is 18.1 Å². The van der Waals surface area contributed by atoms with Crippen LogP contribution in [0.25, 0.3) is 21.8 Å². The molecule has 0 fully saturated rings. The fraction of sp³-hybridized carbons (Fsp3) is 0.130. The van der Waals surface area contributed by atoms with E-state index in [0.29, 0.717) is 17.8 Å². The summed E-state index contributed by atoms with van der Waals surface area (Å²) < 4.78 is 24.8. The Balaban J connectivity index is 1.39. The van der Waals surface area contributed by atoms with Crippen LogP contribution in [0.2, 0.25) is 0 Å². The maximum atomic E-state index is 12.2. The van der Waals surface area contributed by atoms with Gasteiger partial charge in [-0.15, -0.1) is 22.7 Å². The second-order valence-electron chi connectivity index (χ2n) is 7.16. The second-order valence-corrected chi connectivity index (χ2v) is 10.8. The highest BCUT2D eigenvalue weighted by molar-refractivity contribution is 7.88. The summed E-state index contributed by atoms with van der Waals surface area (Å²) in [5.74, 6) is -0.111. The SMILES string of the molecule is CS(=O)(=O)NCCc1ccc(-c2csc(-c3ccc(NC(=O)c4cccs4)cc3)n2)cc1. The van der Waals surface area contributed by atoms with Gasteiger partial charge in [0.25, 0.3) is 5.91 Å². The van der Waals surface area contributed by atoms with Crippen LogP contribution in [0.3, 0.4) is 0 Å². The van der Waals surface area contributed by atoms with Crippen LogP contribution in [0.1, 0.15) is 15.2 Å². The van der Waals surface area contributed by atoms with E-state index in [9.17, 15) is 13.2 Å². The third-order valence-electron chi connectivity index (χ3n) is 4.67. The number of hydrogen-bond acceptors (Lipinski definition) is 6. The van der Waals surface area contributed by atoms with Crippen molar-refractivity contribution in [2.45, 2.75) is 6.42 Å². The highest BCUT2D eigenvalue weighted by atomic mass is 32.2. The number of thiazole rings is 1. The number of nitrogens with zero attached hydrogens (tertiary/aromatic N) is 1. The monoisotopic (exact) mass is 483 g/mol. The van der Waals surface area contributed by atoms with Gasteiger partial charge < -0.3 is 5.32 Å². The van der Waals surface area contributed by atoms with Gasteiger partial charge in [0, 0.05) is 28.7 Å². The molecule has 0 radical (unpaired) electrons. The fourth-order valence-electron chi connectivity index (χ4n) is 3.06. The number of aromatic nitrogens is 1. The van der Waals surface area contributed by atoms with Gasteiger partial charge in [-0.05, 0) is 47.7 Å². The molecule has 1 amide bonds. The lowest BCUT2D eigenvalue weighted by atomic mass is 10.1. The van der Waals surface area contributed by atoms with Crippen LogP contribution in [0.15, 0.2) is 71.4 Å². The molecular formula is C23H21N3O3S3. The van der Waals surface area contributed by atoms with Crippen molar-refractivity contribution in [3.8, 4) is 21.8 Å². The first-order chi connectivity index (χ1) is 15.4. The summed E-state index contributed by atoms with van der Waals surface area (Å²) >= 11 is 2.97. The van der Waals surface area contributed by atoms with E-state index in [4.69, 9.17) is 4.98 Å². The lowest BCUT2D eigenvalue weighted by molar-refractivity contribution is 0.103. The standard InChI is InChI=1S/C23H21N3O3S3/c1-32(28,29)24-13-12-16-4-6-17(7-5-16)20-15-31-23(26-20)18-8-10-19(11-9-18)25-22(27)21-3-2-14-30-21/h2-11,14-15,24H,12-13H2,1H3,(H,25,27). The molecule has 0 atom stereocenters. The second kappa shape index (κ2) is 9.74. The van der Waals surface area contributed by atoms with Crippen LogP contribution in [0.5, 0.6) is 0 Å². The average molecular weight is 484 g/mol. The minimum Gasteiger partial charge on any atom is -0.321 e. The zero-order chi connectivity index (χ0) is 22.6. The predicted molar refractivity (Wildman–Crippen MR) is 132 cm³/mol. The minimum absolute atomic E-state index is 0.111. The molecule has 2 aromatic carbocycles. The number of benzene rings is 2. The van der Waals surface area contributed by atoms with Crippen LogP contribution in [0, 0.1) is 0 Å². The van der Waals surface area contributed by atoms with E-state index >= 15 is 0 Å². The van der Waals surface area contributed by atoms with E-state index in [2.05, 4.69) is 10.0 Å². The van der Waals surface area contributed by atoms with Gasteiger partial charge in [-0.25, -0.2) is 18.1 Å². The molecule has 4 aromatic rings. The molecule has 0 saturated carbocycles. The van der Waals surface area contributed by atoms with Crippen LogP contribution in [0.4, 0.5) is 5.69 Å². The number of carbonyl (C=O) groups is 1. The molecule has 2 N–H and O–H groups in total. The Morgan fingerprint density at radius 2 is 1.69 bits per heavy atom. The molecule has 32 heavy (non-hydrogen) atoms. The number of anilines is 1. The van der Waals surface area contributed by atoms with Crippen molar-refractivity contribution in [3.63, 3.8) is 0 Å². The molecule has 0 aliphatic rings. The van der Waals surface area contributed by atoms with E-state index in [1.807, 2.05) is 65.4 Å². The molecular weight excluding hydrogens is 462 g/mol. The Morgan fingerprint density at radius 1 is 0.969 bits per heavy atom. The molecule has 0 unspecified atom stereocenters. The highest BCUT2D eigenvalue weighted by Crippen LogP contribution is 2.30. The van der Waals surface area contributed by atoms with E-state index in [0.717, 1.165) is 39.3 Å².